The molecule has 1 aromatic rings. The molecule has 100 valence electrons. The summed E-state index contributed by atoms with van der Waals surface area (Å²) in [5.41, 5.74) is 0.727. The summed E-state index contributed by atoms with van der Waals surface area (Å²) in [4.78, 5) is 11.0. The van der Waals surface area contributed by atoms with Crippen molar-refractivity contribution in [3.8, 4) is 5.75 Å². The SMILES string of the molecule is Cc1ccc([C@@H]2NC(=O)OCC2(F)F)c(O)c1.Cl. The van der Waals surface area contributed by atoms with E-state index >= 15 is 0 Å². The largest absolute Gasteiger partial charge is 0.508 e. The van der Waals surface area contributed by atoms with Crippen LogP contribution in [0, 0.1) is 6.92 Å². The Morgan fingerprint density at radius 2 is 2.17 bits per heavy atom. The number of aromatic hydroxyl groups is 1. The van der Waals surface area contributed by atoms with E-state index in [4.69, 9.17) is 0 Å². The van der Waals surface area contributed by atoms with Gasteiger partial charge in [0.05, 0.1) is 0 Å². The van der Waals surface area contributed by atoms with Crippen LogP contribution in [0.15, 0.2) is 18.2 Å². The second-order valence-electron chi connectivity index (χ2n) is 3.98. The molecular weight excluding hydrogens is 268 g/mol. The standard InChI is InChI=1S/C11H11F2NO3.ClH/c1-6-2-3-7(8(15)4-6)9-11(12,13)5-17-10(16)14-9;/h2-4,9,15H,5H2,1H3,(H,14,16);1H/t9-;/m0./s1. The molecule has 0 unspecified atom stereocenters. The van der Waals surface area contributed by atoms with Crippen LogP contribution in [0.3, 0.4) is 0 Å². The molecule has 0 bridgehead atoms. The van der Waals surface area contributed by atoms with Gasteiger partial charge in [-0.25, -0.2) is 13.6 Å². The zero-order valence-corrected chi connectivity index (χ0v) is 10.3. The van der Waals surface area contributed by atoms with E-state index in [0.29, 0.717) is 0 Å². The monoisotopic (exact) mass is 279 g/mol. The van der Waals surface area contributed by atoms with E-state index in [1.807, 2.05) is 5.32 Å². The lowest BCUT2D eigenvalue weighted by Crippen LogP contribution is -2.49. The van der Waals surface area contributed by atoms with Crippen molar-refractivity contribution in [2.75, 3.05) is 6.61 Å². The van der Waals surface area contributed by atoms with Crippen LogP contribution < -0.4 is 5.32 Å². The van der Waals surface area contributed by atoms with Crippen LogP contribution in [0.1, 0.15) is 17.2 Å². The lowest BCUT2D eigenvalue weighted by molar-refractivity contribution is -0.104. The Morgan fingerprint density at radius 3 is 2.78 bits per heavy atom. The number of benzene rings is 1. The Balaban J connectivity index is 0.00000162. The minimum Gasteiger partial charge on any atom is -0.508 e. The molecule has 0 aliphatic carbocycles. The number of aryl methyl sites for hydroxylation is 1. The number of rotatable bonds is 1. The molecule has 18 heavy (non-hydrogen) atoms. The van der Waals surface area contributed by atoms with Crippen LogP contribution in [0.25, 0.3) is 0 Å². The molecule has 0 saturated carbocycles. The van der Waals surface area contributed by atoms with Crippen molar-refractivity contribution in [1.29, 1.82) is 0 Å². The number of alkyl halides is 2. The molecule has 1 heterocycles. The first-order valence-corrected chi connectivity index (χ1v) is 5.01. The first-order valence-electron chi connectivity index (χ1n) is 5.01. The molecule has 7 heteroatoms. The summed E-state index contributed by atoms with van der Waals surface area (Å²) in [7, 11) is 0. The molecule has 1 aliphatic rings. The number of alkyl carbamates (subject to hydrolysis) is 1. The highest BCUT2D eigenvalue weighted by molar-refractivity contribution is 5.85. The van der Waals surface area contributed by atoms with Gasteiger partial charge in [0, 0.05) is 5.56 Å². The Labute approximate surface area is 108 Å². The molecule has 4 nitrogen and oxygen atoms in total. The second-order valence-corrected chi connectivity index (χ2v) is 3.98. The number of phenols is 1. The summed E-state index contributed by atoms with van der Waals surface area (Å²) in [5.74, 6) is -3.52. The fourth-order valence-electron chi connectivity index (χ4n) is 1.71. The number of cyclic esters (lactones) is 1. The van der Waals surface area contributed by atoms with Crippen LogP contribution in [0.4, 0.5) is 13.6 Å². The molecule has 0 radical (unpaired) electrons. The van der Waals surface area contributed by atoms with E-state index in [1.54, 1.807) is 13.0 Å². The van der Waals surface area contributed by atoms with E-state index in [-0.39, 0.29) is 23.7 Å². The van der Waals surface area contributed by atoms with Crippen molar-refractivity contribution in [1.82, 2.24) is 5.32 Å². The van der Waals surface area contributed by atoms with Gasteiger partial charge in [-0.3, -0.25) is 0 Å². The van der Waals surface area contributed by atoms with E-state index < -0.39 is 24.7 Å². The summed E-state index contributed by atoms with van der Waals surface area (Å²) >= 11 is 0. The summed E-state index contributed by atoms with van der Waals surface area (Å²) in [6.45, 7) is 0.737. The number of phenolic OH excluding ortho intramolecular Hbond substituents is 1. The lowest BCUT2D eigenvalue weighted by Gasteiger charge is -2.32. The average Bonchev–Trinajstić information content (AvgIpc) is 2.23. The summed E-state index contributed by atoms with van der Waals surface area (Å²) < 4.78 is 31.3. The van der Waals surface area contributed by atoms with Crippen molar-refractivity contribution in [2.45, 2.75) is 18.9 Å². The van der Waals surface area contributed by atoms with Gasteiger partial charge < -0.3 is 15.2 Å². The molecule has 1 aliphatic heterocycles. The number of hydrogen-bond donors (Lipinski definition) is 2. The molecule has 1 fully saturated rings. The van der Waals surface area contributed by atoms with Crippen molar-refractivity contribution in [3.63, 3.8) is 0 Å². The third-order valence-electron chi connectivity index (χ3n) is 2.58. The zero-order chi connectivity index (χ0) is 12.6. The van der Waals surface area contributed by atoms with E-state index in [9.17, 15) is 18.7 Å². The number of hydrogen-bond acceptors (Lipinski definition) is 3. The van der Waals surface area contributed by atoms with Crippen LogP contribution in [-0.2, 0) is 4.74 Å². The van der Waals surface area contributed by atoms with Gasteiger partial charge in [0.15, 0.2) is 6.61 Å². The van der Waals surface area contributed by atoms with Crippen molar-refractivity contribution in [2.24, 2.45) is 0 Å². The van der Waals surface area contributed by atoms with Gasteiger partial charge in [-0.1, -0.05) is 12.1 Å². The molecule has 1 atom stereocenters. The number of nitrogens with one attached hydrogen (secondary N) is 1. The molecule has 1 amide bonds. The van der Waals surface area contributed by atoms with E-state index in [2.05, 4.69) is 4.74 Å². The van der Waals surface area contributed by atoms with Crippen LogP contribution in [-0.4, -0.2) is 23.7 Å². The van der Waals surface area contributed by atoms with Crippen molar-refractivity contribution < 1.29 is 23.4 Å². The van der Waals surface area contributed by atoms with Crippen LogP contribution in [0.5, 0.6) is 5.75 Å². The number of carbonyl (C=O) groups is 1. The highest BCUT2D eigenvalue weighted by atomic mass is 35.5. The number of amides is 1. The van der Waals surface area contributed by atoms with Crippen LogP contribution in [0.2, 0.25) is 0 Å². The first kappa shape index (κ1) is 14.5. The van der Waals surface area contributed by atoms with Crippen molar-refractivity contribution in [3.05, 3.63) is 29.3 Å². The van der Waals surface area contributed by atoms with E-state index in [0.717, 1.165) is 5.56 Å². The minimum absolute atomic E-state index is 0. The summed E-state index contributed by atoms with van der Waals surface area (Å²) in [6, 6.07) is 2.76. The second kappa shape index (κ2) is 4.97. The third-order valence-corrected chi connectivity index (χ3v) is 2.58. The zero-order valence-electron chi connectivity index (χ0n) is 9.44. The average molecular weight is 280 g/mol. The van der Waals surface area contributed by atoms with Gasteiger partial charge in [-0.2, -0.15) is 0 Å². The third kappa shape index (κ3) is 2.64. The minimum atomic E-state index is -3.25. The normalized spacial score (nSPS) is 21.5. The van der Waals surface area contributed by atoms with Gasteiger partial charge in [0.25, 0.3) is 0 Å². The van der Waals surface area contributed by atoms with Gasteiger partial charge in [-0.15, -0.1) is 12.4 Å². The predicted octanol–water partition coefficient (Wildman–Crippen LogP) is 2.54. The highest BCUT2D eigenvalue weighted by Crippen LogP contribution is 2.38. The quantitative estimate of drug-likeness (QED) is 0.830. The maximum absolute atomic E-state index is 13.6. The number of ether oxygens (including phenoxy) is 1. The summed E-state index contributed by atoms with van der Waals surface area (Å²) in [6.07, 6.45) is -0.916. The fraction of sp³-hybridized carbons (Fsp3) is 0.364. The number of carbonyl (C=O) groups excluding carboxylic acids is 1. The highest BCUT2D eigenvalue weighted by Gasteiger charge is 2.47. The van der Waals surface area contributed by atoms with E-state index in [1.165, 1.54) is 12.1 Å². The molecule has 1 saturated heterocycles. The van der Waals surface area contributed by atoms with Crippen LogP contribution >= 0.6 is 12.4 Å². The Kier molecular flexibility index (Phi) is 4.01. The molecule has 0 aromatic heterocycles. The summed E-state index contributed by atoms with van der Waals surface area (Å²) in [5, 5.41) is 11.6. The molecule has 2 rings (SSSR count). The Morgan fingerprint density at radius 1 is 1.50 bits per heavy atom. The van der Waals surface area contributed by atoms with Gasteiger partial charge in [-0.05, 0) is 18.6 Å². The Hall–Kier alpha value is -1.56. The maximum Gasteiger partial charge on any atom is 0.408 e. The lowest BCUT2D eigenvalue weighted by atomic mass is 9.98. The maximum atomic E-state index is 13.6. The molecular formula is C11H12ClF2NO3. The smallest absolute Gasteiger partial charge is 0.408 e. The Bertz CT molecular complexity index is 468. The van der Waals surface area contributed by atoms with Gasteiger partial charge in [0.1, 0.15) is 11.8 Å². The predicted molar refractivity (Wildman–Crippen MR) is 62.3 cm³/mol. The van der Waals surface area contributed by atoms with Crippen molar-refractivity contribution >= 4 is 18.5 Å². The first-order chi connectivity index (χ1) is 7.90. The molecule has 2 N–H and O–H groups in total. The topological polar surface area (TPSA) is 58.6 Å². The van der Waals surface area contributed by atoms with Gasteiger partial charge in [0.2, 0.25) is 0 Å². The fourth-order valence-corrected chi connectivity index (χ4v) is 1.71. The molecule has 0 spiro atoms. The van der Waals surface area contributed by atoms with Gasteiger partial charge >= 0.3 is 12.0 Å². The number of halogens is 3. The molecule has 1 aromatic carbocycles.